The fourth-order valence-electron chi connectivity index (χ4n) is 2.26. The van der Waals surface area contributed by atoms with Crippen molar-refractivity contribution in [1.82, 2.24) is 0 Å². The SMILES string of the molecule is CC/C=C/C/C=C/C/C=C/C/C=C/C/C=C/CCCCCCC(=O)O. The Labute approximate surface area is 154 Å². The van der Waals surface area contributed by atoms with Crippen LogP contribution in [-0.4, -0.2) is 11.1 Å². The number of carboxylic acid groups (broad SMARTS) is 1. The molecule has 0 radical (unpaired) electrons. The highest BCUT2D eigenvalue weighted by Gasteiger charge is 1.95. The van der Waals surface area contributed by atoms with Crippen LogP contribution in [-0.2, 0) is 4.79 Å². The molecule has 0 heterocycles. The van der Waals surface area contributed by atoms with Crippen molar-refractivity contribution in [3.05, 3.63) is 60.8 Å². The summed E-state index contributed by atoms with van der Waals surface area (Å²) in [4.78, 5) is 10.4. The van der Waals surface area contributed by atoms with E-state index in [1.165, 1.54) is 0 Å². The van der Waals surface area contributed by atoms with Gasteiger partial charge in [0.05, 0.1) is 0 Å². The Morgan fingerprint density at radius 1 is 0.640 bits per heavy atom. The zero-order valence-electron chi connectivity index (χ0n) is 15.9. The molecule has 0 aliphatic carbocycles. The highest BCUT2D eigenvalue weighted by Crippen LogP contribution is 2.06. The number of carboxylic acids is 1. The molecule has 0 spiro atoms. The van der Waals surface area contributed by atoms with Crippen LogP contribution >= 0.6 is 0 Å². The van der Waals surface area contributed by atoms with Crippen LogP contribution in [0.4, 0.5) is 0 Å². The van der Waals surface area contributed by atoms with E-state index in [9.17, 15) is 4.79 Å². The van der Waals surface area contributed by atoms with Crippen LogP contribution in [0.3, 0.4) is 0 Å². The standard InChI is InChI=1S/C23H36O2/c1-2-3-4-5-6-7-8-9-10-11-12-13-14-15-16-17-18-19-20-21-22-23(24)25/h3-4,6-7,9-10,12-13,15-16H,2,5,8,11,14,17-22H2,1H3,(H,24,25)/b4-3+,7-6+,10-9+,13-12+,16-15+. The minimum atomic E-state index is -0.683. The lowest BCUT2D eigenvalue weighted by Gasteiger charge is -1.96. The molecular weight excluding hydrogens is 308 g/mol. The molecule has 0 aromatic carbocycles. The summed E-state index contributed by atoms with van der Waals surface area (Å²) in [6, 6.07) is 0. The first-order valence-corrected chi connectivity index (χ1v) is 9.74. The van der Waals surface area contributed by atoms with E-state index in [-0.39, 0.29) is 0 Å². The van der Waals surface area contributed by atoms with Gasteiger partial charge in [0.15, 0.2) is 0 Å². The fourth-order valence-corrected chi connectivity index (χ4v) is 2.26. The molecule has 0 aromatic rings. The molecule has 1 N–H and O–H groups in total. The van der Waals surface area contributed by atoms with Crippen molar-refractivity contribution in [3.8, 4) is 0 Å². The third kappa shape index (κ3) is 22.2. The molecular formula is C23H36O2. The average Bonchev–Trinajstić information content (AvgIpc) is 2.60. The van der Waals surface area contributed by atoms with Gasteiger partial charge in [-0.15, -0.1) is 0 Å². The Balaban J connectivity index is 3.40. The van der Waals surface area contributed by atoms with Crippen LogP contribution in [0.5, 0.6) is 0 Å². The molecule has 0 aromatic heterocycles. The topological polar surface area (TPSA) is 37.3 Å². The molecule has 0 unspecified atom stereocenters. The molecule has 0 aliphatic rings. The molecule has 2 heteroatoms. The normalized spacial score (nSPS) is 12.7. The van der Waals surface area contributed by atoms with E-state index in [0.717, 1.165) is 64.2 Å². The Hall–Kier alpha value is -1.83. The Morgan fingerprint density at radius 2 is 1.08 bits per heavy atom. The molecule has 0 atom stereocenters. The van der Waals surface area contributed by atoms with E-state index in [1.807, 2.05) is 0 Å². The summed E-state index contributed by atoms with van der Waals surface area (Å²) in [7, 11) is 0. The van der Waals surface area contributed by atoms with Crippen molar-refractivity contribution in [2.75, 3.05) is 0 Å². The number of carbonyl (C=O) groups is 1. The lowest BCUT2D eigenvalue weighted by Crippen LogP contribution is -1.93. The number of hydrogen-bond donors (Lipinski definition) is 1. The maximum Gasteiger partial charge on any atom is 0.303 e. The van der Waals surface area contributed by atoms with Gasteiger partial charge in [-0.1, -0.05) is 80.5 Å². The molecule has 0 amide bonds. The van der Waals surface area contributed by atoms with Crippen molar-refractivity contribution in [2.45, 2.75) is 77.6 Å². The average molecular weight is 345 g/mol. The largest absolute Gasteiger partial charge is 0.481 e. The van der Waals surface area contributed by atoms with E-state index >= 15 is 0 Å². The predicted octanol–water partition coefficient (Wildman–Crippen LogP) is 7.16. The van der Waals surface area contributed by atoms with E-state index in [4.69, 9.17) is 5.11 Å². The summed E-state index contributed by atoms with van der Waals surface area (Å²) in [6.07, 6.45) is 32.8. The van der Waals surface area contributed by atoms with Crippen LogP contribution in [0.15, 0.2) is 60.8 Å². The molecule has 0 bridgehead atoms. The van der Waals surface area contributed by atoms with Gasteiger partial charge in [-0.25, -0.2) is 0 Å². The summed E-state index contributed by atoms with van der Waals surface area (Å²) in [6.45, 7) is 2.15. The second-order valence-corrected chi connectivity index (χ2v) is 6.05. The van der Waals surface area contributed by atoms with Crippen molar-refractivity contribution >= 4 is 5.97 Å². The Morgan fingerprint density at radius 3 is 1.56 bits per heavy atom. The number of rotatable bonds is 16. The van der Waals surface area contributed by atoms with E-state index in [1.54, 1.807) is 0 Å². The van der Waals surface area contributed by atoms with Gasteiger partial charge in [-0.2, -0.15) is 0 Å². The van der Waals surface area contributed by atoms with E-state index in [0.29, 0.717) is 6.42 Å². The van der Waals surface area contributed by atoms with Crippen LogP contribution in [0.25, 0.3) is 0 Å². The summed E-state index contributed by atoms with van der Waals surface area (Å²) in [5.74, 6) is -0.683. The highest BCUT2D eigenvalue weighted by atomic mass is 16.4. The van der Waals surface area contributed by atoms with Gasteiger partial charge in [0.25, 0.3) is 0 Å². The predicted molar refractivity (Wildman–Crippen MR) is 110 cm³/mol. The maximum absolute atomic E-state index is 10.4. The first kappa shape index (κ1) is 23.2. The van der Waals surface area contributed by atoms with Gasteiger partial charge in [0.1, 0.15) is 0 Å². The van der Waals surface area contributed by atoms with Crippen LogP contribution in [0, 0.1) is 0 Å². The number of unbranched alkanes of at least 4 members (excludes halogenated alkanes) is 4. The van der Waals surface area contributed by atoms with Crippen molar-refractivity contribution in [3.63, 3.8) is 0 Å². The van der Waals surface area contributed by atoms with Crippen LogP contribution in [0.2, 0.25) is 0 Å². The number of hydrogen-bond acceptors (Lipinski definition) is 1. The summed E-state index contributed by atoms with van der Waals surface area (Å²) < 4.78 is 0. The summed E-state index contributed by atoms with van der Waals surface area (Å²) >= 11 is 0. The molecule has 0 fully saturated rings. The molecule has 140 valence electrons. The van der Waals surface area contributed by atoms with Crippen molar-refractivity contribution in [2.24, 2.45) is 0 Å². The number of aliphatic carboxylic acids is 1. The third-order valence-electron chi connectivity index (χ3n) is 3.67. The molecule has 25 heavy (non-hydrogen) atoms. The van der Waals surface area contributed by atoms with Gasteiger partial charge in [0, 0.05) is 6.42 Å². The molecule has 0 rings (SSSR count). The van der Waals surface area contributed by atoms with E-state index in [2.05, 4.69) is 67.7 Å². The minimum absolute atomic E-state index is 0.307. The molecule has 0 aliphatic heterocycles. The third-order valence-corrected chi connectivity index (χ3v) is 3.67. The lowest BCUT2D eigenvalue weighted by molar-refractivity contribution is -0.137. The van der Waals surface area contributed by atoms with E-state index < -0.39 is 5.97 Å². The first-order valence-electron chi connectivity index (χ1n) is 9.74. The second kappa shape index (κ2) is 20.2. The zero-order chi connectivity index (χ0) is 18.4. The maximum atomic E-state index is 10.4. The Bertz CT molecular complexity index is 439. The zero-order valence-corrected chi connectivity index (χ0v) is 15.9. The van der Waals surface area contributed by atoms with Crippen LogP contribution in [0.1, 0.15) is 77.6 Å². The number of allylic oxidation sites excluding steroid dienone is 10. The van der Waals surface area contributed by atoms with Gasteiger partial charge >= 0.3 is 5.97 Å². The first-order chi connectivity index (χ1) is 12.3. The van der Waals surface area contributed by atoms with Gasteiger partial charge in [-0.3, -0.25) is 4.79 Å². The van der Waals surface area contributed by atoms with Crippen molar-refractivity contribution < 1.29 is 9.90 Å². The lowest BCUT2D eigenvalue weighted by atomic mass is 10.1. The Kier molecular flexibility index (Phi) is 18.7. The van der Waals surface area contributed by atoms with Crippen molar-refractivity contribution in [1.29, 1.82) is 0 Å². The smallest absolute Gasteiger partial charge is 0.303 e. The monoisotopic (exact) mass is 344 g/mol. The molecule has 0 saturated heterocycles. The van der Waals surface area contributed by atoms with Crippen LogP contribution < -0.4 is 0 Å². The second-order valence-electron chi connectivity index (χ2n) is 6.05. The highest BCUT2D eigenvalue weighted by molar-refractivity contribution is 5.66. The fraction of sp³-hybridized carbons (Fsp3) is 0.522. The van der Waals surface area contributed by atoms with Gasteiger partial charge < -0.3 is 5.11 Å². The molecule has 0 saturated carbocycles. The van der Waals surface area contributed by atoms with Gasteiger partial charge in [-0.05, 0) is 51.4 Å². The molecule has 2 nitrogen and oxygen atoms in total. The van der Waals surface area contributed by atoms with Gasteiger partial charge in [0.2, 0.25) is 0 Å². The summed E-state index contributed by atoms with van der Waals surface area (Å²) in [5.41, 5.74) is 0. The quantitative estimate of drug-likeness (QED) is 0.238. The minimum Gasteiger partial charge on any atom is -0.481 e. The summed E-state index contributed by atoms with van der Waals surface area (Å²) in [5, 5.41) is 8.54.